The van der Waals surface area contributed by atoms with Gasteiger partial charge in [0, 0.05) is 27.2 Å². The highest BCUT2D eigenvalue weighted by molar-refractivity contribution is 8.00. The van der Waals surface area contributed by atoms with Crippen LogP contribution in [0.2, 0.25) is 0 Å². The lowest BCUT2D eigenvalue weighted by molar-refractivity contribution is -0.140. The Bertz CT molecular complexity index is 844. The van der Waals surface area contributed by atoms with Crippen LogP contribution in [0.3, 0.4) is 0 Å². The van der Waals surface area contributed by atoms with Gasteiger partial charge in [-0.3, -0.25) is 25.1 Å². The van der Waals surface area contributed by atoms with Crippen LogP contribution >= 0.6 is 11.8 Å². The largest absolute Gasteiger partial charge is 0.342 e. The molecule has 30 heavy (non-hydrogen) atoms. The monoisotopic (exact) mass is 431 g/mol. The van der Waals surface area contributed by atoms with E-state index in [9.17, 15) is 14.4 Å². The molecule has 3 aliphatic rings. The zero-order chi connectivity index (χ0) is 21.4. The fourth-order valence-electron chi connectivity index (χ4n) is 4.51. The first-order chi connectivity index (χ1) is 14.4. The summed E-state index contributed by atoms with van der Waals surface area (Å²) in [6.45, 7) is 3.67. The van der Waals surface area contributed by atoms with Crippen LogP contribution in [0, 0.1) is 12.8 Å². The van der Waals surface area contributed by atoms with Crippen LogP contribution in [0.5, 0.6) is 0 Å². The number of aryl methyl sites for hydroxylation is 1. The third kappa shape index (κ3) is 3.81. The molecule has 2 N–H and O–H groups in total. The molecule has 8 nitrogen and oxygen atoms in total. The van der Waals surface area contributed by atoms with Gasteiger partial charge in [-0.2, -0.15) is 0 Å². The van der Waals surface area contributed by atoms with Gasteiger partial charge < -0.3 is 9.80 Å². The molecule has 0 bridgehead atoms. The summed E-state index contributed by atoms with van der Waals surface area (Å²) in [5.74, 6) is -0.273. The second kappa shape index (κ2) is 8.56. The van der Waals surface area contributed by atoms with E-state index in [1.54, 1.807) is 11.9 Å². The number of hydrogen-bond donors (Lipinski definition) is 2. The predicted octanol–water partition coefficient (Wildman–Crippen LogP) is 1.33. The summed E-state index contributed by atoms with van der Waals surface area (Å²) < 4.78 is 0. The van der Waals surface area contributed by atoms with E-state index in [4.69, 9.17) is 0 Å². The molecule has 1 aromatic rings. The van der Waals surface area contributed by atoms with E-state index in [-0.39, 0.29) is 29.4 Å². The van der Waals surface area contributed by atoms with Gasteiger partial charge >= 0.3 is 6.03 Å². The number of benzene rings is 1. The van der Waals surface area contributed by atoms with Crippen molar-refractivity contribution in [2.24, 2.45) is 5.92 Å². The highest BCUT2D eigenvalue weighted by Crippen LogP contribution is 2.35. The van der Waals surface area contributed by atoms with E-state index in [1.807, 2.05) is 36.1 Å². The van der Waals surface area contributed by atoms with Crippen molar-refractivity contribution in [1.29, 1.82) is 0 Å². The van der Waals surface area contributed by atoms with E-state index in [1.165, 1.54) is 23.7 Å². The molecular formula is C21H29N5O3S. The Hall–Kier alpha value is -2.10. The summed E-state index contributed by atoms with van der Waals surface area (Å²) in [6.07, 6.45) is 1.45. The smallest absolute Gasteiger partial charge is 0.327 e. The van der Waals surface area contributed by atoms with Gasteiger partial charge in [-0.1, -0.05) is 24.3 Å². The van der Waals surface area contributed by atoms with Crippen molar-refractivity contribution in [3.63, 3.8) is 0 Å². The van der Waals surface area contributed by atoms with Gasteiger partial charge in [0.2, 0.25) is 11.8 Å². The van der Waals surface area contributed by atoms with Crippen molar-refractivity contribution in [1.82, 2.24) is 25.3 Å². The summed E-state index contributed by atoms with van der Waals surface area (Å²) in [6, 6.07) is 7.72. The molecule has 3 heterocycles. The Morgan fingerprint density at radius 2 is 1.83 bits per heavy atom. The maximum Gasteiger partial charge on any atom is 0.327 e. The Morgan fingerprint density at radius 3 is 2.53 bits per heavy atom. The van der Waals surface area contributed by atoms with Gasteiger partial charge in [0.15, 0.2) is 0 Å². The van der Waals surface area contributed by atoms with Crippen molar-refractivity contribution < 1.29 is 14.4 Å². The fraction of sp³-hybridized carbons (Fsp3) is 0.571. The van der Waals surface area contributed by atoms with Crippen LogP contribution in [0.15, 0.2) is 24.3 Å². The van der Waals surface area contributed by atoms with E-state index in [0.29, 0.717) is 5.75 Å². The van der Waals surface area contributed by atoms with Crippen LogP contribution in [-0.2, 0) is 9.59 Å². The molecule has 0 saturated carbocycles. The number of imide groups is 1. The molecule has 3 fully saturated rings. The SMILES string of the molecule is Cc1ccccc1C1NC(SCC(=O)N2CCCC2)C2C(=O)N(C)C(=O)N(C)C2N1. The van der Waals surface area contributed by atoms with Gasteiger partial charge in [0.1, 0.15) is 0 Å². The molecule has 0 aromatic heterocycles. The second-order valence-corrected chi connectivity index (χ2v) is 9.33. The van der Waals surface area contributed by atoms with Gasteiger partial charge in [-0.05, 0) is 30.9 Å². The number of amides is 4. The Kier molecular flexibility index (Phi) is 6.04. The standard InChI is InChI=1S/C21H29N5O3S/c1-13-8-4-5-9-14(13)17-22-18-16(20(28)25(3)21(29)24(18)2)19(23-17)30-12-15(27)26-10-6-7-11-26/h4-5,8-9,16-19,22-23H,6-7,10-12H2,1-3H3. The number of carbonyl (C=O) groups is 3. The molecule has 4 rings (SSSR count). The van der Waals surface area contributed by atoms with Crippen molar-refractivity contribution in [2.45, 2.75) is 37.5 Å². The molecule has 9 heteroatoms. The molecule has 162 valence electrons. The molecular weight excluding hydrogens is 402 g/mol. The summed E-state index contributed by atoms with van der Waals surface area (Å²) in [4.78, 5) is 42.9. The van der Waals surface area contributed by atoms with E-state index < -0.39 is 12.1 Å². The second-order valence-electron chi connectivity index (χ2n) is 8.20. The highest BCUT2D eigenvalue weighted by atomic mass is 32.2. The quantitative estimate of drug-likeness (QED) is 0.748. The molecule has 4 atom stereocenters. The lowest BCUT2D eigenvalue weighted by Gasteiger charge is -2.50. The number of carbonyl (C=O) groups excluding carboxylic acids is 3. The predicted molar refractivity (Wildman–Crippen MR) is 115 cm³/mol. The van der Waals surface area contributed by atoms with Crippen molar-refractivity contribution in [2.75, 3.05) is 32.9 Å². The topological polar surface area (TPSA) is 85.0 Å². The zero-order valence-corrected chi connectivity index (χ0v) is 18.4. The van der Waals surface area contributed by atoms with Crippen LogP contribution in [0.25, 0.3) is 0 Å². The summed E-state index contributed by atoms with van der Waals surface area (Å²) in [5, 5.41) is 6.70. The molecule has 3 aliphatic heterocycles. The molecule has 3 saturated heterocycles. The third-order valence-electron chi connectivity index (χ3n) is 6.30. The molecule has 0 aliphatic carbocycles. The highest BCUT2D eigenvalue weighted by Gasteiger charge is 2.51. The Morgan fingerprint density at radius 1 is 1.13 bits per heavy atom. The Balaban J connectivity index is 1.59. The number of nitrogens with one attached hydrogen (secondary N) is 2. The average Bonchev–Trinajstić information content (AvgIpc) is 3.29. The van der Waals surface area contributed by atoms with Crippen LogP contribution in [0.1, 0.15) is 30.1 Å². The first-order valence-electron chi connectivity index (χ1n) is 10.4. The van der Waals surface area contributed by atoms with Crippen LogP contribution in [0.4, 0.5) is 4.79 Å². The molecule has 4 unspecified atom stereocenters. The summed E-state index contributed by atoms with van der Waals surface area (Å²) in [7, 11) is 3.23. The zero-order valence-electron chi connectivity index (χ0n) is 17.6. The van der Waals surface area contributed by atoms with Crippen molar-refractivity contribution in [3.05, 3.63) is 35.4 Å². The minimum absolute atomic E-state index is 0.114. The normalized spacial score (nSPS) is 29.4. The number of urea groups is 1. The number of rotatable bonds is 4. The number of likely N-dealkylation sites (tertiary alicyclic amines) is 1. The molecule has 4 amide bonds. The maximum atomic E-state index is 13.0. The number of hydrogen-bond acceptors (Lipinski definition) is 6. The van der Waals surface area contributed by atoms with E-state index >= 15 is 0 Å². The molecule has 1 aromatic carbocycles. The van der Waals surface area contributed by atoms with E-state index in [0.717, 1.165) is 37.1 Å². The lowest BCUT2D eigenvalue weighted by Crippen LogP contribution is -2.72. The summed E-state index contributed by atoms with van der Waals surface area (Å²) >= 11 is 1.46. The van der Waals surface area contributed by atoms with E-state index in [2.05, 4.69) is 10.6 Å². The van der Waals surface area contributed by atoms with Gasteiger partial charge in [-0.25, -0.2) is 4.79 Å². The lowest BCUT2D eigenvalue weighted by atomic mass is 9.95. The minimum atomic E-state index is -0.477. The third-order valence-corrected chi connectivity index (χ3v) is 7.50. The van der Waals surface area contributed by atoms with Crippen molar-refractivity contribution >= 4 is 29.6 Å². The first-order valence-corrected chi connectivity index (χ1v) is 11.4. The van der Waals surface area contributed by atoms with Crippen LogP contribution in [-0.4, -0.2) is 77.0 Å². The van der Waals surface area contributed by atoms with Gasteiger partial charge in [0.25, 0.3) is 0 Å². The maximum absolute atomic E-state index is 13.0. The Labute approximate surface area is 181 Å². The average molecular weight is 432 g/mol. The molecule has 0 spiro atoms. The van der Waals surface area contributed by atoms with Gasteiger partial charge in [-0.15, -0.1) is 11.8 Å². The summed E-state index contributed by atoms with van der Waals surface area (Å²) in [5.41, 5.74) is 2.19. The van der Waals surface area contributed by atoms with Gasteiger partial charge in [0.05, 0.1) is 29.4 Å². The molecule has 0 radical (unpaired) electrons. The van der Waals surface area contributed by atoms with Crippen molar-refractivity contribution in [3.8, 4) is 0 Å². The minimum Gasteiger partial charge on any atom is -0.342 e. The number of nitrogens with zero attached hydrogens (tertiary/aromatic N) is 3. The van der Waals surface area contributed by atoms with Crippen LogP contribution < -0.4 is 10.6 Å². The first kappa shape index (κ1) is 21.1. The number of thioether (sulfide) groups is 1. The number of fused-ring (bicyclic) bond motifs is 1. The fourth-order valence-corrected chi connectivity index (χ4v) is 5.72.